The van der Waals surface area contributed by atoms with Crippen LogP contribution in [0.5, 0.6) is 11.5 Å². The standard InChI is InChI=1S/C39H31ClF2N6O4S/c1-18-46-47-37(52-18)30-25(13-20-17-51-28-15-21(40)8-9-22(20)28)44-33-26-6-4-12-48(26)38(49)32(33)31(30)29-14-19-10-11-43-36(34(19)53-29)45-35-23-5-3-7-27(50-2)24(23)16-39(35,41)42/h3,5,7-11,14-15,20,26,35H,4,6,12-13,16-17H2,1-2H3,(H,43,45)/t20-,26-,35-/m1/s1. The first kappa shape index (κ1) is 32.5. The average molecular weight is 753 g/mol. The Morgan fingerprint density at radius 3 is 2.83 bits per heavy atom. The van der Waals surface area contributed by atoms with E-state index in [-0.39, 0.29) is 23.8 Å². The second kappa shape index (κ2) is 11.9. The number of hydrogen-bond acceptors (Lipinski definition) is 10. The zero-order valence-corrected chi connectivity index (χ0v) is 30.2. The van der Waals surface area contributed by atoms with Gasteiger partial charge in [-0.1, -0.05) is 29.8 Å². The zero-order chi connectivity index (χ0) is 36.2. The number of pyridine rings is 2. The number of nitrogens with zero attached hydrogens (tertiary/aromatic N) is 5. The van der Waals surface area contributed by atoms with Crippen LogP contribution in [0.3, 0.4) is 0 Å². The Kier molecular flexibility index (Phi) is 7.32. The van der Waals surface area contributed by atoms with Crippen LogP contribution in [-0.4, -0.2) is 57.2 Å². The minimum absolute atomic E-state index is 0.0442. The second-order valence-corrected chi connectivity index (χ2v) is 15.5. The van der Waals surface area contributed by atoms with Crippen molar-refractivity contribution >= 4 is 44.7 Å². The van der Waals surface area contributed by atoms with Crippen molar-refractivity contribution < 1.29 is 27.5 Å². The minimum Gasteiger partial charge on any atom is -0.496 e. The van der Waals surface area contributed by atoms with Crippen molar-refractivity contribution in [1.82, 2.24) is 25.1 Å². The van der Waals surface area contributed by atoms with Gasteiger partial charge in [-0.2, -0.15) is 0 Å². The van der Waals surface area contributed by atoms with Crippen molar-refractivity contribution in [3.05, 3.63) is 99.3 Å². The number of thiophene rings is 1. The first-order valence-electron chi connectivity index (χ1n) is 17.5. The Morgan fingerprint density at radius 2 is 2.00 bits per heavy atom. The van der Waals surface area contributed by atoms with E-state index in [1.807, 2.05) is 35.2 Å². The summed E-state index contributed by atoms with van der Waals surface area (Å²) >= 11 is 7.67. The molecule has 0 bridgehead atoms. The number of ether oxygens (including phenoxy) is 2. The molecule has 1 fully saturated rings. The van der Waals surface area contributed by atoms with E-state index in [0.717, 1.165) is 40.1 Å². The number of anilines is 1. The lowest BCUT2D eigenvalue weighted by Crippen LogP contribution is -2.28. The molecular weight excluding hydrogens is 722 g/mol. The molecule has 53 heavy (non-hydrogen) atoms. The molecule has 10 rings (SSSR count). The van der Waals surface area contributed by atoms with Crippen LogP contribution in [-0.2, 0) is 12.8 Å². The number of aryl methyl sites for hydroxylation is 1. The normalized spacial score (nSPS) is 20.7. The van der Waals surface area contributed by atoms with E-state index in [0.29, 0.717) is 80.3 Å². The van der Waals surface area contributed by atoms with Crippen LogP contribution in [0, 0.1) is 6.92 Å². The van der Waals surface area contributed by atoms with E-state index in [9.17, 15) is 4.79 Å². The zero-order valence-electron chi connectivity index (χ0n) is 28.6. The number of carbonyl (C=O) groups excluding carboxylic acids is 1. The van der Waals surface area contributed by atoms with Crippen LogP contribution < -0.4 is 14.8 Å². The third-order valence-electron chi connectivity index (χ3n) is 10.9. The van der Waals surface area contributed by atoms with Gasteiger partial charge >= 0.3 is 0 Å². The molecule has 0 spiro atoms. The molecule has 0 unspecified atom stereocenters. The van der Waals surface area contributed by atoms with E-state index >= 15 is 8.78 Å². The van der Waals surface area contributed by atoms with Gasteiger partial charge in [0, 0.05) is 65.0 Å². The summed E-state index contributed by atoms with van der Waals surface area (Å²) in [5.41, 5.74) is 5.17. The van der Waals surface area contributed by atoms with Crippen molar-refractivity contribution in [3.63, 3.8) is 0 Å². The topological polar surface area (TPSA) is 116 Å². The molecule has 3 aliphatic heterocycles. The van der Waals surface area contributed by atoms with Gasteiger partial charge in [-0.15, -0.1) is 21.5 Å². The molecule has 10 nitrogen and oxygen atoms in total. The van der Waals surface area contributed by atoms with Gasteiger partial charge in [0.2, 0.25) is 11.8 Å². The number of fused-ring (bicyclic) bond motifs is 6. The van der Waals surface area contributed by atoms with Crippen molar-refractivity contribution in [1.29, 1.82) is 0 Å². The highest BCUT2D eigenvalue weighted by Gasteiger charge is 2.49. The SMILES string of the molecule is COc1cccc2c1CC(F)(F)[C@@H]2Nc1nccc2cc(-c3c4c(nc(C[C@@H]5COc6cc(Cl)ccc65)c3-c3nnc(C)o3)[C@H]3CCCN3C4=O)sc12. The van der Waals surface area contributed by atoms with Crippen LogP contribution in [0.15, 0.2) is 59.1 Å². The highest BCUT2D eigenvalue weighted by Crippen LogP contribution is 2.53. The lowest BCUT2D eigenvalue weighted by molar-refractivity contribution is -0.00734. The largest absolute Gasteiger partial charge is 0.496 e. The summed E-state index contributed by atoms with van der Waals surface area (Å²) in [5.74, 6) is -1.10. The third kappa shape index (κ3) is 5.03. The minimum atomic E-state index is -3.09. The van der Waals surface area contributed by atoms with Gasteiger partial charge in [0.1, 0.15) is 23.4 Å². The summed E-state index contributed by atoms with van der Waals surface area (Å²) in [4.78, 5) is 26.8. The molecule has 4 aromatic heterocycles. The Balaban J connectivity index is 1.15. The number of aromatic nitrogens is 4. The number of benzene rings is 2. The number of methoxy groups -OCH3 is 1. The molecule has 7 heterocycles. The van der Waals surface area contributed by atoms with Gasteiger partial charge in [0.15, 0.2) is 0 Å². The van der Waals surface area contributed by atoms with Crippen LogP contribution in [0.1, 0.15) is 75.2 Å². The highest BCUT2D eigenvalue weighted by molar-refractivity contribution is 7.23. The number of carbonyl (C=O) groups is 1. The molecule has 0 saturated carbocycles. The molecule has 3 atom stereocenters. The average Bonchev–Trinajstić information content (AvgIpc) is 3.99. The number of hydrogen-bond donors (Lipinski definition) is 1. The molecule has 2 aromatic carbocycles. The number of nitrogens with one attached hydrogen (secondary N) is 1. The number of amides is 1. The van der Waals surface area contributed by atoms with Crippen molar-refractivity contribution in [2.45, 2.75) is 56.5 Å². The molecule has 1 aliphatic carbocycles. The third-order valence-corrected chi connectivity index (χ3v) is 12.3. The van der Waals surface area contributed by atoms with Crippen LogP contribution in [0.4, 0.5) is 14.6 Å². The van der Waals surface area contributed by atoms with Crippen LogP contribution >= 0.6 is 22.9 Å². The molecule has 1 amide bonds. The maximum atomic E-state index is 15.7. The Morgan fingerprint density at radius 1 is 1.11 bits per heavy atom. The fraction of sp³-hybridized carbons (Fsp3) is 0.308. The first-order valence-corrected chi connectivity index (χ1v) is 18.7. The molecule has 1 N–H and O–H groups in total. The Bertz CT molecular complexity index is 2500. The summed E-state index contributed by atoms with van der Waals surface area (Å²) < 4.78 is 49.7. The molecule has 1 saturated heterocycles. The molecule has 4 aliphatic rings. The quantitative estimate of drug-likeness (QED) is 0.171. The smallest absolute Gasteiger partial charge is 0.276 e. The summed E-state index contributed by atoms with van der Waals surface area (Å²) in [5, 5.41) is 13.1. The fourth-order valence-electron chi connectivity index (χ4n) is 8.53. The van der Waals surface area contributed by atoms with E-state index in [4.69, 9.17) is 30.5 Å². The predicted octanol–water partition coefficient (Wildman–Crippen LogP) is 8.73. The van der Waals surface area contributed by atoms with Crippen molar-refractivity contribution in [2.75, 3.05) is 25.6 Å². The van der Waals surface area contributed by atoms with Crippen LogP contribution in [0.25, 0.3) is 32.0 Å². The Hall–Kier alpha value is -5.14. The summed E-state index contributed by atoms with van der Waals surface area (Å²) in [6, 6.07) is 13.2. The summed E-state index contributed by atoms with van der Waals surface area (Å²) in [6.45, 7) is 2.80. The molecule has 268 valence electrons. The Labute approximate surface area is 311 Å². The molecular formula is C39H31ClF2N6O4S. The number of halogens is 3. The predicted molar refractivity (Wildman–Crippen MR) is 195 cm³/mol. The number of rotatable bonds is 7. The van der Waals surface area contributed by atoms with Gasteiger partial charge in [-0.05, 0) is 54.1 Å². The maximum absolute atomic E-state index is 15.7. The second-order valence-electron chi connectivity index (χ2n) is 14.0. The lowest BCUT2D eigenvalue weighted by atomic mass is 9.89. The van der Waals surface area contributed by atoms with Gasteiger partial charge in [0.05, 0.1) is 47.0 Å². The van der Waals surface area contributed by atoms with E-state index in [2.05, 4.69) is 20.5 Å². The summed E-state index contributed by atoms with van der Waals surface area (Å²) in [7, 11) is 1.49. The lowest BCUT2D eigenvalue weighted by Gasteiger charge is -2.22. The van der Waals surface area contributed by atoms with E-state index < -0.39 is 18.4 Å². The molecule has 14 heteroatoms. The van der Waals surface area contributed by atoms with E-state index in [1.54, 1.807) is 31.3 Å². The monoisotopic (exact) mass is 752 g/mol. The van der Waals surface area contributed by atoms with Crippen LogP contribution in [0.2, 0.25) is 5.02 Å². The van der Waals surface area contributed by atoms with Crippen molar-refractivity contribution in [2.24, 2.45) is 0 Å². The molecule has 6 aromatic rings. The molecule has 0 radical (unpaired) electrons. The van der Waals surface area contributed by atoms with Gasteiger partial charge in [-0.3, -0.25) is 9.78 Å². The first-order chi connectivity index (χ1) is 25.7. The van der Waals surface area contributed by atoms with Crippen molar-refractivity contribution in [3.8, 4) is 33.4 Å². The number of alkyl halides is 2. The highest BCUT2D eigenvalue weighted by atomic mass is 35.5. The maximum Gasteiger partial charge on any atom is 0.276 e. The van der Waals surface area contributed by atoms with Gasteiger partial charge in [-0.25, -0.2) is 13.8 Å². The fourth-order valence-corrected chi connectivity index (χ4v) is 9.86. The summed E-state index contributed by atoms with van der Waals surface area (Å²) in [6.07, 6.45) is 3.34. The van der Waals surface area contributed by atoms with Gasteiger partial charge < -0.3 is 24.1 Å². The van der Waals surface area contributed by atoms with E-state index in [1.165, 1.54) is 18.4 Å². The van der Waals surface area contributed by atoms with Gasteiger partial charge in [0.25, 0.3) is 11.8 Å².